The highest BCUT2D eigenvalue weighted by Gasteiger charge is 2.25. The Bertz CT molecular complexity index is 203. The molecule has 0 aliphatic carbocycles. The maximum atomic E-state index is 11.7. The smallest absolute Gasteiger partial charge is 0.224 e. The first-order valence-corrected chi connectivity index (χ1v) is 5.54. The average Bonchev–Trinajstić information content (AvgIpc) is 2.08. The van der Waals surface area contributed by atoms with Gasteiger partial charge in [0.1, 0.15) is 0 Å². The van der Waals surface area contributed by atoms with Crippen molar-refractivity contribution in [3.8, 4) is 0 Å². The van der Waals surface area contributed by atoms with E-state index in [1.807, 2.05) is 11.8 Å². The number of carbonyl (C=O) groups is 1. The number of rotatable bonds is 2. The van der Waals surface area contributed by atoms with Crippen LogP contribution in [0.1, 0.15) is 33.6 Å². The molecule has 1 amide bonds. The highest BCUT2D eigenvalue weighted by Crippen LogP contribution is 2.22. The van der Waals surface area contributed by atoms with E-state index in [1.54, 1.807) is 0 Å². The third-order valence-electron chi connectivity index (χ3n) is 3.18. The van der Waals surface area contributed by atoms with Gasteiger partial charge in [-0.05, 0) is 25.2 Å². The highest BCUT2D eigenvalue weighted by atomic mass is 16.2. The first-order chi connectivity index (χ1) is 6.50. The molecule has 3 heteroatoms. The Morgan fingerprint density at radius 2 is 2.14 bits per heavy atom. The van der Waals surface area contributed by atoms with Crippen LogP contribution in [0.3, 0.4) is 0 Å². The van der Waals surface area contributed by atoms with Crippen molar-refractivity contribution in [1.82, 2.24) is 4.90 Å². The van der Waals surface area contributed by atoms with Gasteiger partial charge in [-0.3, -0.25) is 4.79 Å². The van der Waals surface area contributed by atoms with Gasteiger partial charge < -0.3 is 10.6 Å². The van der Waals surface area contributed by atoms with Crippen LogP contribution in [0, 0.1) is 11.8 Å². The minimum atomic E-state index is -0.0165. The van der Waals surface area contributed by atoms with Gasteiger partial charge in [0.15, 0.2) is 0 Å². The number of likely N-dealkylation sites (tertiary alicyclic amines) is 1. The lowest BCUT2D eigenvalue weighted by Crippen LogP contribution is -2.43. The highest BCUT2D eigenvalue weighted by molar-refractivity contribution is 5.76. The maximum Gasteiger partial charge on any atom is 0.224 e. The van der Waals surface area contributed by atoms with E-state index in [2.05, 4.69) is 13.8 Å². The summed E-state index contributed by atoms with van der Waals surface area (Å²) in [4.78, 5) is 13.7. The summed E-state index contributed by atoms with van der Waals surface area (Å²) in [6.07, 6.45) is 1.62. The van der Waals surface area contributed by atoms with E-state index in [-0.39, 0.29) is 11.9 Å². The summed E-state index contributed by atoms with van der Waals surface area (Å²) < 4.78 is 0. The molecule has 0 bridgehead atoms. The van der Waals surface area contributed by atoms with Crippen molar-refractivity contribution in [3.63, 3.8) is 0 Å². The zero-order valence-electron chi connectivity index (χ0n) is 9.49. The first-order valence-electron chi connectivity index (χ1n) is 5.54. The van der Waals surface area contributed by atoms with Gasteiger partial charge in [0.2, 0.25) is 5.91 Å². The van der Waals surface area contributed by atoms with Crippen LogP contribution in [0.4, 0.5) is 0 Å². The normalized spacial score (nSPS) is 30.1. The minimum absolute atomic E-state index is 0.0165. The number of piperidine rings is 1. The summed E-state index contributed by atoms with van der Waals surface area (Å²) in [5, 5.41) is 0. The van der Waals surface area contributed by atoms with Gasteiger partial charge in [-0.15, -0.1) is 0 Å². The third-order valence-corrected chi connectivity index (χ3v) is 3.18. The number of nitrogens with two attached hydrogens (primary N) is 1. The molecule has 0 saturated carbocycles. The molecule has 3 nitrogen and oxygen atoms in total. The van der Waals surface area contributed by atoms with Crippen LogP contribution in [0.25, 0.3) is 0 Å². The second-order valence-electron chi connectivity index (χ2n) is 4.76. The molecule has 0 aromatic rings. The van der Waals surface area contributed by atoms with Gasteiger partial charge in [0.25, 0.3) is 0 Å². The summed E-state index contributed by atoms with van der Waals surface area (Å²) >= 11 is 0. The largest absolute Gasteiger partial charge is 0.342 e. The van der Waals surface area contributed by atoms with Gasteiger partial charge in [0, 0.05) is 25.6 Å². The van der Waals surface area contributed by atoms with Crippen LogP contribution in [-0.2, 0) is 4.79 Å². The first kappa shape index (κ1) is 11.5. The van der Waals surface area contributed by atoms with E-state index in [1.165, 1.54) is 0 Å². The molecule has 1 heterocycles. The zero-order chi connectivity index (χ0) is 10.7. The fourth-order valence-corrected chi connectivity index (χ4v) is 1.89. The van der Waals surface area contributed by atoms with Crippen molar-refractivity contribution < 1.29 is 4.79 Å². The Labute approximate surface area is 86.6 Å². The molecule has 1 saturated heterocycles. The molecule has 0 radical (unpaired) electrons. The lowest BCUT2D eigenvalue weighted by Gasteiger charge is -2.35. The Hall–Kier alpha value is -0.570. The zero-order valence-corrected chi connectivity index (χ0v) is 9.49. The summed E-state index contributed by atoms with van der Waals surface area (Å²) in [5.41, 5.74) is 5.61. The van der Waals surface area contributed by atoms with Crippen molar-refractivity contribution in [2.45, 2.75) is 39.7 Å². The molecule has 1 aliphatic rings. The molecular weight excluding hydrogens is 176 g/mol. The van der Waals surface area contributed by atoms with E-state index in [4.69, 9.17) is 5.73 Å². The monoisotopic (exact) mass is 198 g/mol. The standard InChI is InChI=1S/C11H22N2O/c1-8-4-5-13(7-9(8)2)11(14)6-10(3)12/h8-10H,4-7,12H2,1-3H3. The Morgan fingerprint density at radius 3 is 2.64 bits per heavy atom. The molecule has 0 aromatic heterocycles. The minimum Gasteiger partial charge on any atom is -0.342 e. The van der Waals surface area contributed by atoms with Gasteiger partial charge in [-0.1, -0.05) is 13.8 Å². The number of hydrogen-bond donors (Lipinski definition) is 1. The van der Waals surface area contributed by atoms with E-state index in [0.717, 1.165) is 25.4 Å². The number of hydrogen-bond acceptors (Lipinski definition) is 2. The molecule has 82 valence electrons. The van der Waals surface area contributed by atoms with Crippen LogP contribution in [0.15, 0.2) is 0 Å². The summed E-state index contributed by atoms with van der Waals surface area (Å²) in [6, 6.07) is -0.0165. The van der Waals surface area contributed by atoms with Gasteiger partial charge in [-0.2, -0.15) is 0 Å². The van der Waals surface area contributed by atoms with Gasteiger partial charge in [-0.25, -0.2) is 0 Å². The molecule has 2 N–H and O–H groups in total. The van der Waals surface area contributed by atoms with Gasteiger partial charge in [0.05, 0.1) is 0 Å². The third kappa shape index (κ3) is 2.98. The number of carbonyl (C=O) groups excluding carboxylic acids is 1. The van der Waals surface area contributed by atoms with Gasteiger partial charge >= 0.3 is 0 Å². The molecule has 1 fully saturated rings. The topological polar surface area (TPSA) is 46.3 Å². The lowest BCUT2D eigenvalue weighted by molar-refractivity contribution is -0.133. The Kier molecular flexibility index (Phi) is 3.93. The SMILES string of the molecule is CC(N)CC(=O)N1CCC(C)C(C)C1. The molecule has 1 rings (SSSR count). The Balaban J connectivity index is 2.42. The molecule has 3 atom stereocenters. The lowest BCUT2D eigenvalue weighted by atomic mass is 9.88. The van der Waals surface area contributed by atoms with Crippen molar-refractivity contribution in [1.29, 1.82) is 0 Å². The van der Waals surface area contributed by atoms with Crippen LogP contribution < -0.4 is 5.73 Å². The second-order valence-corrected chi connectivity index (χ2v) is 4.76. The van der Waals surface area contributed by atoms with Crippen molar-refractivity contribution in [3.05, 3.63) is 0 Å². The molecule has 3 unspecified atom stereocenters. The molecule has 0 spiro atoms. The van der Waals surface area contributed by atoms with Crippen LogP contribution >= 0.6 is 0 Å². The second kappa shape index (κ2) is 4.78. The van der Waals surface area contributed by atoms with Crippen LogP contribution in [-0.4, -0.2) is 29.9 Å². The number of nitrogens with zero attached hydrogens (tertiary/aromatic N) is 1. The maximum absolute atomic E-state index is 11.7. The van der Waals surface area contributed by atoms with Crippen molar-refractivity contribution >= 4 is 5.91 Å². The molecule has 1 aliphatic heterocycles. The summed E-state index contributed by atoms with van der Waals surface area (Å²) in [6.45, 7) is 8.19. The van der Waals surface area contributed by atoms with E-state index in [9.17, 15) is 4.79 Å². The predicted octanol–water partition coefficient (Wildman–Crippen LogP) is 1.23. The fraction of sp³-hybridized carbons (Fsp3) is 0.909. The summed E-state index contributed by atoms with van der Waals surface area (Å²) in [7, 11) is 0. The fourth-order valence-electron chi connectivity index (χ4n) is 1.89. The van der Waals surface area contributed by atoms with E-state index < -0.39 is 0 Å². The van der Waals surface area contributed by atoms with Crippen molar-refractivity contribution in [2.24, 2.45) is 17.6 Å². The van der Waals surface area contributed by atoms with Crippen molar-refractivity contribution in [2.75, 3.05) is 13.1 Å². The predicted molar refractivity (Wildman–Crippen MR) is 57.8 cm³/mol. The average molecular weight is 198 g/mol. The number of amides is 1. The Morgan fingerprint density at radius 1 is 1.50 bits per heavy atom. The molecular formula is C11H22N2O. The summed E-state index contributed by atoms with van der Waals surface area (Å²) in [5.74, 6) is 1.59. The molecule has 14 heavy (non-hydrogen) atoms. The van der Waals surface area contributed by atoms with Crippen LogP contribution in [0.5, 0.6) is 0 Å². The molecule has 0 aromatic carbocycles. The van der Waals surface area contributed by atoms with E-state index in [0.29, 0.717) is 12.3 Å². The van der Waals surface area contributed by atoms with E-state index >= 15 is 0 Å². The van der Waals surface area contributed by atoms with Crippen LogP contribution in [0.2, 0.25) is 0 Å². The quantitative estimate of drug-likeness (QED) is 0.725.